The largest absolute Gasteiger partial charge is 0.462 e. The third-order valence-corrected chi connectivity index (χ3v) is 11.4. The molecule has 0 spiro atoms. The quantitative estimate of drug-likeness (QED) is 0.0379. The van der Waals surface area contributed by atoms with Crippen LogP contribution in [0.2, 0.25) is 0 Å². The zero-order valence-corrected chi connectivity index (χ0v) is 32.5. The van der Waals surface area contributed by atoms with Gasteiger partial charge in [0, 0.05) is 25.9 Å². The normalized spacial score (nSPS) is 15.0. The summed E-state index contributed by atoms with van der Waals surface area (Å²) in [5.74, 6) is -0.415. The molecular weight excluding hydrogens is 607 g/mol. The van der Waals surface area contributed by atoms with Gasteiger partial charge in [0.15, 0.2) is 14.6 Å². The van der Waals surface area contributed by atoms with E-state index in [1.807, 2.05) is 0 Å². The van der Waals surface area contributed by atoms with Crippen LogP contribution in [0.25, 0.3) is 0 Å². The van der Waals surface area contributed by atoms with Gasteiger partial charge in [0.05, 0.1) is 6.61 Å². The Labute approximate surface area is 292 Å². The van der Waals surface area contributed by atoms with E-state index in [0.717, 1.165) is 38.8 Å². The van der Waals surface area contributed by atoms with Crippen molar-refractivity contribution >= 4 is 20.4 Å². The molecule has 1 aliphatic rings. The first kappa shape index (κ1) is 44.3. The second-order valence-corrected chi connectivity index (χ2v) is 16.2. The van der Waals surface area contributed by atoms with Crippen molar-refractivity contribution < 1.29 is 23.6 Å². The number of rotatable bonds is 34. The standard InChI is InChI=1S/C39H77N2O5P/c1-5-7-9-11-13-15-17-19-21-23-25-27-29-31-38(42)44-35-37(36-45-47-40(3)33-34-41(47)4)46-39(43)32-30-28-26-24-22-20-18-16-14-12-10-8-6-2/h37H,5-36H2,1-4H3. The second-order valence-electron chi connectivity index (χ2n) is 14.1. The lowest BCUT2D eigenvalue weighted by Gasteiger charge is -2.26. The fourth-order valence-corrected chi connectivity index (χ4v) is 8.00. The summed E-state index contributed by atoms with van der Waals surface area (Å²) in [6, 6.07) is 0. The van der Waals surface area contributed by atoms with Gasteiger partial charge in [-0.1, -0.05) is 168 Å². The zero-order valence-electron chi connectivity index (χ0n) is 31.6. The van der Waals surface area contributed by atoms with Gasteiger partial charge in [0.25, 0.3) is 0 Å². The Morgan fingerprint density at radius 3 is 1.23 bits per heavy atom. The highest BCUT2D eigenvalue weighted by Crippen LogP contribution is 2.47. The van der Waals surface area contributed by atoms with Crippen molar-refractivity contribution in [2.45, 2.75) is 200 Å². The highest BCUT2D eigenvalue weighted by molar-refractivity contribution is 7.47. The Balaban J connectivity index is 2.19. The summed E-state index contributed by atoms with van der Waals surface area (Å²) in [6.45, 7) is 6.77. The average Bonchev–Trinajstić information content (AvgIpc) is 3.39. The summed E-state index contributed by atoms with van der Waals surface area (Å²) in [4.78, 5) is 25.2. The number of likely N-dealkylation sites (N-methyl/N-ethyl adjacent to an activating group) is 2. The Morgan fingerprint density at radius 2 is 0.851 bits per heavy atom. The number of esters is 2. The van der Waals surface area contributed by atoms with Gasteiger partial charge in [-0.05, 0) is 26.9 Å². The number of hydrogen-bond donors (Lipinski definition) is 0. The maximum Gasteiger partial charge on any atom is 0.306 e. The van der Waals surface area contributed by atoms with Crippen LogP contribution in [0.3, 0.4) is 0 Å². The fraction of sp³-hybridized carbons (Fsp3) is 0.949. The van der Waals surface area contributed by atoms with Crippen LogP contribution in [0, 0.1) is 0 Å². The Hall–Kier alpha value is -0.750. The van der Waals surface area contributed by atoms with Crippen LogP contribution >= 0.6 is 8.45 Å². The SMILES string of the molecule is CCCCCCCCCCCCCCCC(=O)OCC(COP1N(C)CCN1C)OC(=O)CCCCCCCCCCCCCCC. The van der Waals surface area contributed by atoms with Crippen molar-refractivity contribution in [3.05, 3.63) is 0 Å². The maximum absolute atomic E-state index is 12.7. The molecule has 278 valence electrons. The fourth-order valence-electron chi connectivity index (χ4n) is 6.26. The van der Waals surface area contributed by atoms with Gasteiger partial charge >= 0.3 is 11.9 Å². The molecule has 0 aromatic rings. The molecule has 0 amide bonds. The molecule has 47 heavy (non-hydrogen) atoms. The Bertz CT molecular complexity index is 717. The highest BCUT2D eigenvalue weighted by atomic mass is 31.2. The van der Waals surface area contributed by atoms with Crippen LogP contribution in [0.1, 0.15) is 194 Å². The molecule has 0 aromatic carbocycles. The van der Waals surface area contributed by atoms with E-state index in [4.69, 9.17) is 14.0 Å². The molecule has 1 aliphatic heterocycles. The van der Waals surface area contributed by atoms with Crippen molar-refractivity contribution in [2.24, 2.45) is 0 Å². The molecule has 1 atom stereocenters. The highest BCUT2D eigenvalue weighted by Gasteiger charge is 2.30. The number of nitrogens with zero attached hydrogens (tertiary/aromatic N) is 2. The van der Waals surface area contributed by atoms with Gasteiger partial charge in [-0.3, -0.25) is 9.59 Å². The van der Waals surface area contributed by atoms with Crippen molar-refractivity contribution in [1.29, 1.82) is 0 Å². The lowest BCUT2D eigenvalue weighted by atomic mass is 10.0. The predicted octanol–water partition coefficient (Wildman–Crippen LogP) is 11.5. The molecule has 0 aliphatic carbocycles. The van der Waals surface area contributed by atoms with Crippen LogP contribution < -0.4 is 0 Å². The molecule has 1 saturated heterocycles. The molecule has 0 bridgehead atoms. The summed E-state index contributed by atoms with van der Waals surface area (Å²) >= 11 is 0. The number of unbranched alkanes of at least 4 members (excludes halogenated alkanes) is 24. The molecule has 0 aromatic heterocycles. The monoisotopic (exact) mass is 685 g/mol. The van der Waals surface area contributed by atoms with Crippen LogP contribution in [-0.4, -0.2) is 67.8 Å². The van der Waals surface area contributed by atoms with Gasteiger partial charge < -0.3 is 14.0 Å². The van der Waals surface area contributed by atoms with E-state index in [1.54, 1.807) is 0 Å². The molecule has 8 heteroatoms. The molecule has 7 nitrogen and oxygen atoms in total. The zero-order chi connectivity index (χ0) is 34.2. The van der Waals surface area contributed by atoms with Gasteiger partial charge in [-0.2, -0.15) is 0 Å². The number of carbonyl (C=O) groups excluding carboxylic acids is 2. The van der Waals surface area contributed by atoms with E-state index in [-0.39, 0.29) is 25.2 Å². The van der Waals surface area contributed by atoms with Crippen LogP contribution in [0.15, 0.2) is 0 Å². The average molecular weight is 685 g/mol. The van der Waals surface area contributed by atoms with Gasteiger partial charge in [-0.25, -0.2) is 9.34 Å². The number of carbonyl (C=O) groups is 2. The van der Waals surface area contributed by atoms with Crippen LogP contribution in [-0.2, 0) is 23.6 Å². The summed E-state index contributed by atoms with van der Waals surface area (Å²) in [5, 5.41) is 0. The summed E-state index contributed by atoms with van der Waals surface area (Å²) < 4.78 is 21.9. The van der Waals surface area contributed by atoms with E-state index in [9.17, 15) is 9.59 Å². The second kappa shape index (κ2) is 32.5. The molecule has 1 unspecified atom stereocenters. The van der Waals surface area contributed by atoms with E-state index >= 15 is 0 Å². The third kappa shape index (κ3) is 26.8. The van der Waals surface area contributed by atoms with E-state index < -0.39 is 14.6 Å². The Morgan fingerprint density at radius 1 is 0.511 bits per heavy atom. The van der Waals surface area contributed by atoms with Crippen molar-refractivity contribution in [3.8, 4) is 0 Å². The molecule has 1 rings (SSSR count). The minimum Gasteiger partial charge on any atom is -0.462 e. The van der Waals surface area contributed by atoms with E-state index in [2.05, 4.69) is 37.3 Å². The molecule has 0 saturated carbocycles. The smallest absolute Gasteiger partial charge is 0.306 e. The molecule has 1 heterocycles. The van der Waals surface area contributed by atoms with Crippen LogP contribution in [0.5, 0.6) is 0 Å². The molecular formula is C39H77N2O5P. The first-order valence-corrected chi connectivity index (χ1v) is 21.3. The molecule has 1 fully saturated rings. The summed E-state index contributed by atoms with van der Waals surface area (Å²) in [5.41, 5.74) is 0. The van der Waals surface area contributed by atoms with Gasteiger partial charge in [-0.15, -0.1) is 0 Å². The third-order valence-electron chi connectivity index (χ3n) is 9.40. The first-order chi connectivity index (χ1) is 23.0. The minimum atomic E-state index is -0.868. The van der Waals surface area contributed by atoms with Gasteiger partial charge in [0.1, 0.15) is 6.61 Å². The first-order valence-electron chi connectivity index (χ1n) is 20.2. The van der Waals surface area contributed by atoms with Crippen molar-refractivity contribution in [1.82, 2.24) is 9.34 Å². The van der Waals surface area contributed by atoms with E-state index in [0.29, 0.717) is 12.8 Å². The molecule has 0 radical (unpaired) electrons. The molecule has 0 N–H and O–H groups in total. The van der Waals surface area contributed by atoms with Crippen LogP contribution in [0.4, 0.5) is 0 Å². The summed E-state index contributed by atoms with van der Waals surface area (Å²) in [6.07, 6.45) is 33.5. The minimum absolute atomic E-state index is 0.0677. The topological polar surface area (TPSA) is 68.3 Å². The maximum atomic E-state index is 12.7. The predicted molar refractivity (Wildman–Crippen MR) is 200 cm³/mol. The van der Waals surface area contributed by atoms with E-state index in [1.165, 1.54) is 141 Å². The Kier molecular flexibility index (Phi) is 30.6. The number of ether oxygens (including phenoxy) is 2. The van der Waals surface area contributed by atoms with Crippen molar-refractivity contribution in [2.75, 3.05) is 40.4 Å². The number of hydrogen-bond acceptors (Lipinski definition) is 7. The lowest BCUT2D eigenvalue weighted by Crippen LogP contribution is -2.30. The van der Waals surface area contributed by atoms with Gasteiger partial charge in [0.2, 0.25) is 0 Å². The summed E-state index contributed by atoms with van der Waals surface area (Å²) in [7, 11) is 3.24. The lowest BCUT2D eigenvalue weighted by molar-refractivity contribution is -0.161. The van der Waals surface area contributed by atoms with Crippen molar-refractivity contribution in [3.63, 3.8) is 0 Å².